The second-order valence-electron chi connectivity index (χ2n) is 3.91. The summed E-state index contributed by atoms with van der Waals surface area (Å²) in [6.07, 6.45) is 0. The average Bonchev–Trinajstić information content (AvgIpc) is 2.32. The zero-order chi connectivity index (χ0) is 14.0. The van der Waals surface area contributed by atoms with Crippen molar-refractivity contribution in [2.45, 2.75) is 6.92 Å². The molecule has 19 heavy (non-hydrogen) atoms. The molecule has 0 saturated carbocycles. The second kappa shape index (κ2) is 5.01. The molecule has 4 nitrogen and oxygen atoms in total. The Morgan fingerprint density at radius 3 is 2.47 bits per heavy atom. The van der Waals surface area contributed by atoms with E-state index in [1.54, 1.807) is 13.0 Å². The second-order valence-corrected chi connectivity index (χ2v) is 3.91. The SMILES string of the molecule is Cc1ccc([N+](=O)[O-])c(Oc2ccc(F)cc2F)c1. The van der Waals surface area contributed by atoms with Crippen LogP contribution in [0.5, 0.6) is 11.5 Å². The molecule has 0 heterocycles. The van der Waals surface area contributed by atoms with Crippen molar-refractivity contribution >= 4 is 5.69 Å². The number of hydrogen-bond donors (Lipinski definition) is 0. The van der Waals surface area contributed by atoms with Gasteiger partial charge in [-0.15, -0.1) is 0 Å². The topological polar surface area (TPSA) is 52.4 Å². The van der Waals surface area contributed by atoms with Crippen molar-refractivity contribution in [3.8, 4) is 11.5 Å². The van der Waals surface area contributed by atoms with Crippen molar-refractivity contribution in [2.75, 3.05) is 0 Å². The zero-order valence-electron chi connectivity index (χ0n) is 9.89. The van der Waals surface area contributed by atoms with Gasteiger partial charge in [0.05, 0.1) is 4.92 Å². The summed E-state index contributed by atoms with van der Waals surface area (Å²) in [5.74, 6) is -2.02. The smallest absolute Gasteiger partial charge is 0.311 e. The largest absolute Gasteiger partial charge is 0.447 e. The predicted octanol–water partition coefficient (Wildman–Crippen LogP) is 3.97. The van der Waals surface area contributed by atoms with Gasteiger partial charge in [0.1, 0.15) is 5.82 Å². The molecule has 0 aromatic heterocycles. The first-order valence-corrected chi connectivity index (χ1v) is 5.35. The fraction of sp³-hybridized carbons (Fsp3) is 0.0769. The van der Waals surface area contributed by atoms with Gasteiger partial charge in [0, 0.05) is 12.1 Å². The zero-order valence-corrected chi connectivity index (χ0v) is 9.89. The molecule has 0 aliphatic carbocycles. The van der Waals surface area contributed by atoms with Crippen molar-refractivity contribution in [3.05, 3.63) is 63.7 Å². The normalized spacial score (nSPS) is 10.3. The molecule has 0 unspecified atom stereocenters. The van der Waals surface area contributed by atoms with E-state index in [9.17, 15) is 18.9 Å². The van der Waals surface area contributed by atoms with Gasteiger partial charge in [0.15, 0.2) is 11.6 Å². The molecule has 0 fully saturated rings. The van der Waals surface area contributed by atoms with Gasteiger partial charge in [0.2, 0.25) is 5.75 Å². The van der Waals surface area contributed by atoms with Gasteiger partial charge in [-0.05, 0) is 30.7 Å². The van der Waals surface area contributed by atoms with E-state index < -0.39 is 16.6 Å². The standard InChI is InChI=1S/C13H9F2NO3/c1-8-2-4-11(16(17)18)13(6-8)19-12-5-3-9(14)7-10(12)15/h2-7H,1H3. The van der Waals surface area contributed by atoms with E-state index in [1.165, 1.54) is 12.1 Å². The molecule has 0 aliphatic heterocycles. The van der Waals surface area contributed by atoms with Crippen LogP contribution in [-0.4, -0.2) is 4.92 Å². The number of hydrogen-bond acceptors (Lipinski definition) is 3. The molecule has 2 aromatic rings. The van der Waals surface area contributed by atoms with Crippen LogP contribution in [0.4, 0.5) is 14.5 Å². The van der Waals surface area contributed by atoms with Crippen molar-refractivity contribution in [1.82, 2.24) is 0 Å². The van der Waals surface area contributed by atoms with Crippen molar-refractivity contribution in [2.24, 2.45) is 0 Å². The number of benzene rings is 2. The fourth-order valence-corrected chi connectivity index (χ4v) is 1.53. The van der Waals surface area contributed by atoms with Gasteiger partial charge < -0.3 is 4.74 Å². The van der Waals surface area contributed by atoms with E-state index in [4.69, 9.17) is 4.74 Å². The number of nitrogens with zero attached hydrogens (tertiary/aromatic N) is 1. The molecule has 0 radical (unpaired) electrons. The van der Waals surface area contributed by atoms with Crippen LogP contribution in [0.2, 0.25) is 0 Å². The molecule has 2 rings (SSSR count). The first-order chi connectivity index (χ1) is 8.97. The Morgan fingerprint density at radius 2 is 1.84 bits per heavy atom. The third kappa shape index (κ3) is 2.85. The molecular weight excluding hydrogens is 256 g/mol. The lowest BCUT2D eigenvalue weighted by molar-refractivity contribution is -0.385. The lowest BCUT2D eigenvalue weighted by atomic mass is 10.2. The van der Waals surface area contributed by atoms with Gasteiger partial charge in [-0.2, -0.15) is 0 Å². The highest BCUT2D eigenvalue weighted by molar-refractivity contribution is 5.50. The summed E-state index contributed by atoms with van der Waals surface area (Å²) in [7, 11) is 0. The Balaban J connectivity index is 2.42. The molecule has 0 amide bonds. The first kappa shape index (κ1) is 12.9. The van der Waals surface area contributed by atoms with Gasteiger partial charge in [-0.3, -0.25) is 10.1 Å². The minimum Gasteiger partial charge on any atom is -0.447 e. The summed E-state index contributed by atoms with van der Waals surface area (Å²) in [6.45, 7) is 1.72. The number of halogens is 2. The van der Waals surface area contributed by atoms with Crippen molar-refractivity contribution in [1.29, 1.82) is 0 Å². The Bertz CT molecular complexity index is 644. The van der Waals surface area contributed by atoms with Crippen molar-refractivity contribution in [3.63, 3.8) is 0 Å². The molecule has 0 saturated heterocycles. The predicted molar refractivity (Wildman–Crippen MR) is 64.3 cm³/mol. The summed E-state index contributed by atoms with van der Waals surface area (Å²) in [5, 5.41) is 10.8. The van der Waals surface area contributed by atoms with Crippen LogP contribution in [0.15, 0.2) is 36.4 Å². The first-order valence-electron chi connectivity index (χ1n) is 5.35. The maximum absolute atomic E-state index is 13.4. The molecule has 0 spiro atoms. The van der Waals surface area contributed by atoms with E-state index in [-0.39, 0.29) is 17.2 Å². The Morgan fingerprint density at radius 1 is 1.11 bits per heavy atom. The van der Waals surface area contributed by atoms with Crippen molar-refractivity contribution < 1.29 is 18.4 Å². The van der Waals surface area contributed by atoms with Gasteiger partial charge in [-0.1, -0.05) is 6.07 Å². The molecule has 98 valence electrons. The average molecular weight is 265 g/mol. The van der Waals surface area contributed by atoms with E-state index in [0.717, 1.165) is 17.7 Å². The number of ether oxygens (including phenoxy) is 1. The Labute approximate surface area is 107 Å². The van der Waals surface area contributed by atoms with E-state index in [1.807, 2.05) is 0 Å². The molecular formula is C13H9F2NO3. The minimum absolute atomic E-state index is 0.0875. The Hall–Kier alpha value is -2.50. The molecule has 6 heteroatoms. The van der Waals surface area contributed by atoms with Crippen LogP contribution in [0, 0.1) is 28.7 Å². The number of rotatable bonds is 3. The van der Waals surface area contributed by atoms with Crippen LogP contribution in [0.1, 0.15) is 5.56 Å². The van der Waals surface area contributed by atoms with E-state index in [0.29, 0.717) is 6.07 Å². The third-order valence-electron chi connectivity index (χ3n) is 2.43. The summed E-state index contributed by atoms with van der Waals surface area (Å²) in [5.41, 5.74) is 0.442. The van der Waals surface area contributed by atoms with Crippen LogP contribution >= 0.6 is 0 Å². The van der Waals surface area contributed by atoms with Crippen LogP contribution < -0.4 is 4.74 Å². The third-order valence-corrected chi connectivity index (χ3v) is 2.43. The van der Waals surface area contributed by atoms with Crippen LogP contribution in [0.25, 0.3) is 0 Å². The minimum atomic E-state index is -0.921. The highest BCUT2D eigenvalue weighted by Gasteiger charge is 2.17. The lowest BCUT2D eigenvalue weighted by Crippen LogP contribution is -1.95. The molecule has 2 aromatic carbocycles. The monoisotopic (exact) mass is 265 g/mol. The molecule has 0 aliphatic rings. The molecule has 0 N–H and O–H groups in total. The summed E-state index contributed by atoms with van der Waals surface area (Å²) in [6, 6.07) is 6.98. The number of aryl methyl sites for hydroxylation is 1. The van der Waals surface area contributed by atoms with Gasteiger partial charge in [-0.25, -0.2) is 8.78 Å². The summed E-state index contributed by atoms with van der Waals surface area (Å²) < 4.78 is 31.3. The summed E-state index contributed by atoms with van der Waals surface area (Å²) >= 11 is 0. The maximum atomic E-state index is 13.4. The quantitative estimate of drug-likeness (QED) is 0.623. The number of nitro benzene ring substituents is 1. The van der Waals surface area contributed by atoms with E-state index >= 15 is 0 Å². The Kier molecular flexibility index (Phi) is 3.41. The van der Waals surface area contributed by atoms with Crippen LogP contribution in [-0.2, 0) is 0 Å². The maximum Gasteiger partial charge on any atom is 0.311 e. The molecule has 0 atom stereocenters. The molecule has 0 bridgehead atoms. The lowest BCUT2D eigenvalue weighted by Gasteiger charge is -2.08. The van der Waals surface area contributed by atoms with E-state index in [2.05, 4.69) is 0 Å². The van der Waals surface area contributed by atoms with Crippen LogP contribution in [0.3, 0.4) is 0 Å². The fourth-order valence-electron chi connectivity index (χ4n) is 1.53. The number of nitro groups is 1. The van der Waals surface area contributed by atoms with Gasteiger partial charge in [0.25, 0.3) is 0 Å². The van der Waals surface area contributed by atoms with Gasteiger partial charge >= 0.3 is 5.69 Å². The summed E-state index contributed by atoms with van der Waals surface area (Å²) in [4.78, 5) is 10.2. The highest BCUT2D eigenvalue weighted by Crippen LogP contribution is 2.33. The highest BCUT2D eigenvalue weighted by atomic mass is 19.1.